The van der Waals surface area contributed by atoms with Crippen molar-refractivity contribution in [1.29, 1.82) is 0 Å². The van der Waals surface area contributed by atoms with Crippen molar-refractivity contribution in [1.82, 2.24) is 4.90 Å². The molecule has 2 aromatic carbocycles. The van der Waals surface area contributed by atoms with Crippen molar-refractivity contribution in [2.75, 3.05) is 18.4 Å². The van der Waals surface area contributed by atoms with Crippen molar-refractivity contribution in [2.45, 2.75) is 32.4 Å². The van der Waals surface area contributed by atoms with E-state index in [-0.39, 0.29) is 5.91 Å². The molecule has 1 aliphatic rings. The first-order valence-electron chi connectivity index (χ1n) is 8.48. The van der Waals surface area contributed by atoms with E-state index in [2.05, 4.69) is 36.5 Å². The number of hydrogen-bond acceptors (Lipinski definition) is 3. The standard InChI is InChI=1S/C20H24N2O2/c1-15-7-9-16(10-8-15)13-21-18-5-2-4-17(12-18)20(24)22-11-3-6-19(23)14-22/h2,4-5,7-10,12,19,21,23H,3,6,11,13-14H2,1H3. The Morgan fingerprint density at radius 3 is 2.79 bits per heavy atom. The number of nitrogens with one attached hydrogen (secondary N) is 1. The third-order valence-electron chi connectivity index (χ3n) is 4.41. The van der Waals surface area contributed by atoms with Gasteiger partial charge in [-0.3, -0.25) is 4.79 Å². The number of carbonyl (C=O) groups is 1. The number of likely N-dealkylation sites (tertiary alicyclic amines) is 1. The van der Waals surface area contributed by atoms with Crippen LogP contribution in [0.25, 0.3) is 0 Å². The lowest BCUT2D eigenvalue weighted by Gasteiger charge is -2.30. The molecule has 0 saturated carbocycles. The third-order valence-corrected chi connectivity index (χ3v) is 4.41. The molecule has 0 bridgehead atoms. The minimum absolute atomic E-state index is 0.00673. The highest BCUT2D eigenvalue weighted by Gasteiger charge is 2.23. The van der Waals surface area contributed by atoms with E-state index >= 15 is 0 Å². The molecular formula is C20H24N2O2. The average Bonchev–Trinajstić information content (AvgIpc) is 2.61. The van der Waals surface area contributed by atoms with Gasteiger partial charge in [-0.2, -0.15) is 0 Å². The van der Waals surface area contributed by atoms with Gasteiger partial charge in [0.05, 0.1) is 6.10 Å². The monoisotopic (exact) mass is 324 g/mol. The predicted octanol–water partition coefficient (Wildman–Crippen LogP) is 3.20. The van der Waals surface area contributed by atoms with Crippen LogP contribution < -0.4 is 5.32 Å². The number of piperidine rings is 1. The van der Waals surface area contributed by atoms with Crippen LogP contribution in [0.1, 0.15) is 34.3 Å². The number of rotatable bonds is 4. The lowest BCUT2D eigenvalue weighted by atomic mass is 10.1. The summed E-state index contributed by atoms with van der Waals surface area (Å²) in [5, 5.41) is 13.1. The number of amides is 1. The number of carbonyl (C=O) groups excluding carboxylic acids is 1. The molecule has 4 nitrogen and oxygen atoms in total. The first kappa shape index (κ1) is 16.5. The molecule has 4 heteroatoms. The smallest absolute Gasteiger partial charge is 0.254 e. The zero-order valence-electron chi connectivity index (χ0n) is 14.0. The maximum absolute atomic E-state index is 12.6. The zero-order valence-corrected chi connectivity index (χ0v) is 14.0. The van der Waals surface area contributed by atoms with Gasteiger partial charge in [-0.25, -0.2) is 0 Å². The number of hydrogen-bond donors (Lipinski definition) is 2. The molecule has 24 heavy (non-hydrogen) atoms. The largest absolute Gasteiger partial charge is 0.391 e. The second kappa shape index (κ2) is 7.49. The topological polar surface area (TPSA) is 52.6 Å². The quantitative estimate of drug-likeness (QED) is 0.908. The number of β-amino-alcohol motifs (C(OH)–C–C–N with tert-alkyl or cyclic N) is 1. The fraction of sp³-hybridized carbons (Fsp3) is 0.350. The Bertz CT molecular complexity index is 697. The van der Waals surface area contributed by atoms with Crippen LogP contribution in [0.3, 0.4) is 0 Å². The molecule has 2 aromatic rings. The molecule has 1 amide bonds. The number of aryl methyl sites for hydroxylation is 1. The normalized spacial score (nSPS) is 17.6. The molecule has 2 N–H and O–H groups in total. The highest BCUT2D eigenvalue weighted by atomic mass is 16.3. The van der Waals surface area contributed by atoms with Crippen molar-refractivity contribution < 1.29 is 9.90 Å². The van der Waals surface area contributed by atoms with Crippen LogP contribution >= 0.6 is 0 Å². The molecule has 0 spiro atoms. The molecule has 0 radical (unpaired) electrons. The summed E-state index contributed by atoms with van der Waals surface area (Å²) < 4.78 is 0. The second-order valence-corrected chi connectivity index (χ2v) is 6.47. The average molecular weight is 324 g/mol. The fourth-order valence-corrected chi connectivity index (χ4v) is 2.99. The van der Waals surface area contributed by atoms with Crippen LogP contribution in [-0.2, 0) is 6.54 Å². The van der Waals surface area contributed by atoms with Gasteiger partial charge < -0.3 is 15.3 Å². The van der Waals surface area contributed by atoms with Crippen LogP contribution in [0, 0.1) is 6.92 Å². The number of nitrogens with zero attached hydrogens (tertiary/aromatic N) is 1. The summed E-state index contributed by atoms with van der Waals surface area (Å²) in [5.41, 5.74) is 4.04. The Kier molecular flexibility index (Phi) is 5.16. The van der Waals surface area contributed by atoms with Crippen molar-refractivity contribution in [3.63, 3.8) is 0 Å². The first-order valence-corrected chi connectivity index (χ1v) is 8.48. The van der Waals surface area contributed by atoms with Gasteiger partial charge in [0.25, 0.3) is 5.91 Å². The van der Waals surface area contributed by atoms with E-state index in [9.17, 15) is 9.90 Å². The number of aliphatic hydroxyl groups is 1. The highest BCUT2D eigenvalue weighted by Crippen LogP contribution is 2.17. The molecule has 1 aliphatic heterocycles. The van der Waals surface area contributed by atoms with E-state index < -0.39 is 6.10 Å². The first-order chi connectivity index (χ1) is 11.6. The minimum Gasteiger partial charge on any atom is -0.391 e. The summed E-state index contributed by atoms with van der Waals surface area (Å²) in [6.07, 6.45) is 1.24. The summed E-state index contributed by atoms with van der Waals surface area (Å²) >= 11 is 0. The summed E-state index contributed by atoms with van der Waals surface area (Å²) in [6.45, 7) is 3.95. The molecule has 1 atom stereocenters. The Labute approximate surface area is 143 Å². The number of anilines is 1. The Hall–Kier alpha value is -2.33. The Morgan fingerprint density at radius 2 is 2.04 bits per heavy atom. The van der Waals surface area contributed by atoms with Crippen molar-refractivity contribution in [3.8, 4) is 0 Å². The van der Waals surface area contributed by atoms with E-state index in [1.165, 1.54) is 11.1 Å². The van der Waals surface area contributed by atoms with Gasteiger partial charge in [0, 0.05) is 30.9 Å². The Morgan fingerprint density at radius 1 is 1.25 bits per heavy atom. The molecule has 1 unspecified atom stereocenters. The van der Waals surface area contributed by atoms with Crippen LogP contribution in [0.5, 0.6) is 0 Å². The van der Waals surface area contributed by atoms with E-state index in [0.29, 0.717) is 12.1 Å². The number of aliphatic hydroxyl groups excluding tert-OH is 1. The van der Waals surface area contributed by atoms with Crippen LogP contribution in [-0.4, -0.2) is 35.1 Å². The molecule has 0 aliphatic carbocycles. The highest BCUT2D eigenvalue weighted by molar-refractivity contribution is 5.95. The van der Waals surface area contributed by atoms with Gasteiger partial charge in [-0.15, -0.1) is 0 Å². The Balaban J connectivity index is 1.65. The van der Waals surface area contributed by atoms with Gasteiger partial charge in [-0.05, 0) is 43.5 Å². The third kappa shape index (κ3) is 4.15. The number of benzene rings is 2. The lowest BCUT2D eigenvalue weighted by molar-refractivity contribution is 0.0474. The molecule has 0 aromatic heterocycles. The van der Waals surface area contributed by atoms with E-state index in [0.717, 1.165) is 31.6 Å². The maximum atomic E-state index is 12.6. The summed E-state index contributed by atoms with van der Waals surface area (Å²) in [6, 6.07) is 16.0. The lowest BCUT2D eigenvalue weighted by Crippen LogP contribution is -2.42. The molecule has 1 fully saturated rings. The van der Waals surface area contributed by atoms with Gasteiger partial charge in [0.15, 0.2) is 0 Å². The van der Waals surface area contributed by atoms with Crippen molar-refractivity contribution in [3.05, 3.63) is 65.2 Å². The van der Waals surface area contributed by atoms with Crippen molar-refractivity contribution >= 4 is 11.6 Å². The minimum atomic E-state index is -0.398. The zero-order chi connectivity index (χ0) is 16.9. The summed E-state index contributed by atoms with van der Waals surface area (Å²) in [5.74, 6) is -0.00673. The molecule has 1 saturated heterocycles. The van der Waals surface area contributed by atoms with Crippen LogP contribution in [0.4, 0.5) is 5.69 Å². The van der Waals surface area contributed by atoms with E-state index in [4.69, 9.17) is 0 Å². The summed E-state index contributed by atoms with van der Waals surface area (Å²) in [7, 11) is 0. The fourth-order valence-electron chi connectivity index (χ4n) is 2.99. The SMILES string of the molecule is Cc1ccc(CNc2cccc(C(=O)N3CCCC(O)C3)c2)cc1. The van der Waals surface area contributed by atoms with Gasteiger partial charge >= 0.3 is 0 Å². The maximum Gasteiger partial charge on any atom is 0.254 e. The van der Waals surface area contributed by atoms with Gasteiger partial charge in [-0.1, -0.05) is 35.9 Å². The van der Waals surface area contributed by atoms with Crippen molar-refractivity contribution in [2.24, 2.45) is 0 Å². The molecule has 3 rings (SSSR count). The molecule has 1 heterocycles. The van der Waals surface area contributed by atoms with Gasteiger partial charge in [0.2, 0.25) is 0 Å². The van der Waals surface area contributed by atoms with Crippen LogP contribution in [0.15, 0.2) is 48.5 Å². The van der Waals surface area contributed by atoms with E-state index in [1.807, 2.05) is 24.3 Å². The molecule has 126 valence electrons. The second-order valence-electron chi connectivity index (χ2n) is 6.47. The van der Waals surface area contributed by atoms with Gasteiger partial charge in [0.1, 0.15) is 0 Å². The molecular weight excluding hydrogens is 300 g/mol. The summed E-state index contributed by atoms with van der Waals surface area (Å²) in [4.78, 5) is 14.3. The van der Waals surface area contributed by atoms with E-state index in [1.54, 1.807) is 4.90 Å². The van der Waals surface area contributed by atoms with Crippen LogP contribution in [0.2, 0.25) is 0 Å². The predicted molar refractivity (Wildman–Crippen MR) is 96.1 cm³/mol.